The summed E-state index contributed by atoms with van der Waals surface area (Å²) in [5.74, 6) is 0. The standard InChI is InChI=1S/C6H16N2.C4H9O4P/c7-5-3-1-2-4-6-8;5-9(6)7-3-1-2-4-8-9/h1-8H2;1-4H2,(H,5,6). The molecule has 0 spiro atoms. The van der Waals surface area contributed by atoms with Crippen LogP contribution in [0.25, 0.3) is 0 Å². The second kappa shape index (κ2) is 11.1. The molecule has 7 heteroatoms. The molecule has 0 radical (unpaired) electrons. The smallest absolute Gasteiger partial charge is 0.330 e. The van der Waals surface area contributed by atoms with Crippen LogP contribution < -0.4 is 11.5 Å². The van der Waals surface area contributed by atoms with E-state index in [1.54, 1.807) is 0 Å². The number of phosphoric ester groups is 1. The van der Waals surface area contributed by atoms with E-state index in [4.69, 9.17) is 16.4 Å². The third-order valence-electron chi connectivity index (χ3n) is 2.21. The Kier molecular flexibility index (Phi) is 11.2. The van der Waals surface area contributed by atoms with Crippen molar-refractivity contribution < 1.29 is 18.5 Å². The Bertz CT molecular complexity index is 198. The topological polar surface area (TPSA) is 108 Å². The maximum atomic E-state index is 10.6. The first-order valence-electron chi connectivity index (χ1n) is 6.14. The van der Waals surface area contributed by atoms with Crippen LogP contribution in [0.15, 0.2) is 0 Å². The zero-order valence-corrected chi connectivity index (χ0v) is 11.2. The van der Waals surface area contributed by atoms with E-state index in [2.05, 4.69) is 9.05 Å². The van der Waals surface area contributed by atoms with Gasteiger partial charge in [0.05, 0.1) is 13.2 Å². The Labute approximate surface area is 103 Å². The molecule has 5 N–H and O–H groups in total. The molecule has 1 aliphatic rings. The summed E-state index contributed by atoms with van der Waals surface area (Å²) in [7, 11) is -3.63. The number of unbranched alkanes of at least 4 members (excludes halogenated alkanes) is 3. The van der Waals surface area contributed by atoms with Gasteiger partial charge in [-0.1, -0.05) is 12.8 Å². The molecule has 17 heavy (non-hydrogen) atoms. The van der Waals surface area contributed by atoms with Gasteiger partial charge in [0.2, 0.25) is 0 Å². The lowest BCUT2D eigenvalue weighted by molar-refractivity contribution is 0.176. The highest BCUT2D eigenvalue weighted by molar-refractivity contribution is 7.47. The predicted octanol–water partition coefficient (Wildman–Crippen LogP) is 1.38. The van der Waals surface area contributed by atoms with E-state index in [0.717, 1.165) is 38.8 Å². The molecule has 1 heterocycles. The Morgan fingerprint density at radius 1 is 0.941 bits per heavy atom. The maximum absolute atomic E-state index is 10.6. The van der Waals surface area contributed by atoms with Crippen molar-refractivity contribution in [2.24, 2.45) is 11.5 Å². The zero-order chi connectivity index (χ0) is 13.0. The number of phosphoric acid groups is 1. The van der Waals surface area contributed by atoms with Gasteiger partial charge in [-0.15, -0.1) is 0 Å². The van der Waals surface area contributed by atoms with E-state index in [0.29, 0.717) is 13.2 Å². The quantitative estimate of drug-likeness (QED) is 0.513. The average Bonchev–Trinajstić information content (AvgIpc) is 2.49. The summed E-state index contributed by atoms with van der Waals surface area (Å²) >= 11 is 0. The summed E-state index contributed by atoms with van der Waals surface area (Å²) in [4.78, 5) is 8.67. The molecule has 0 atom stereocenters. The second-order valence-electron chi connectivity index (χ2n) is 3.83. The molecule has 0 amide bonds. The number of hydrogen-bond donors (Lipinski definition) is 3. The molecule has 6 nitrogen and oxygen atoms in total. The first kappa shape index (κ1) is 17.0. The van der Waals surface area contributed by atoms with E-state index in [1.165, 1.54) is 12.8 Å². The molecule has 0 bridgehead atoms. The van der Waals surface area contributed by atoms with Gasteiger partial charge in [0.15, 0.2) is 0 Å². The predicted molar refractivity (Wildman–Crippen MR) is 67.5 cm³/mol. The van der Waals surface area contributed by atoms with Crippen LogP contribution in [-0.4, -0.2) is 31.2 Å². The summed E-state index contributed by atoms with van der Waals surface area (Å²) in [6.07, 6.45) is 6.39. The SMILES string of the molecule is NCCCCCCN.O=P1(O)OCCCCO1. The highest BCUT2D eigenvalue weighted by Gasteiger charge is 2.22. The van der Waals surface area contributed by atoms with Gasteiger partial charge in [0.25, 0.3) is 0 Å². The Morgan fingerprint density at radius 2 is 1.35 bits per heavy atom. The lowest BCUT2D eigenvalue weighted by Gasteiger charge is -2.05. The van der Waals surface area contributed by atoms with Gasteiger partial charge in [-0.25, -0.2) is 4.57 Å². The summed E-state index contributed by atoms with van der Waals surface area (Å²) in [5, 5.41) is 0. The lowest BCUT2D eigenvalue weighted by Crippen LogP contribution is -2.00. The summed E-state index contributed by atoms with van der Waals surface area (Å²) in [6.45, 7) is 2.30. The number of nitrogens with two attached hydrogens (primary N) is 2. The average molecular weight is 268 g/mol. The van der Waals surface area contributed by atoms with Crippen molar-refractivity contribution in [3.05, 3.63) is 0 Å². The molecule has 0 aromatic carbocycles. The van der Waals surface area contributed by atoms with Crippen LogP contribution in [-0.2, 0) is 13.6 Å². The van der Waals surface area contributed by atoms with Crippen LogP contribution in [0.1, 0.15) is 38.5 Å². The van der Waals surface area contributed by atoms with Crippen LogP contribution in [0.4, 0.5) is 0 Å². The minimum Gasteiger partial charge on any atom is -0.330 e. The molecule has 1 rings (SSSR count). The largest absolute Gasteiger partial charge is 0.472 e. The van der Waals surface area contributed by atoms with Gasteiger partial charge in [-0.3, -0.25) is 9.05 Å². The van der Waals surface area contributed by atoms with E-state index < -0.39 is 7.82 Å². The first-order chi connectivity index (χ1) is 8.12. The van der Waals surface area contributed by atoms with Gasteiger partial charge in [0.1, 0.15) is 0 Å². The molecule has 0 aromatic rings. The normalized spacial score (nSPS) is 19.0. The van der Waals surface area contributed by atoms with Crippen LogP contribution >= 0.6 is 7.82 Å². The minimum absolute atomic E-state index is 0.327. The molecule has 0 unspecified atom stereocenters. The van der Waals surface area contributed by atoms with Crippen molar-refractivity contribution >= 4 is 7.82 Å². The fourth-order valence-corrected chi connectivity index (χ4v) is 2.04. The van der Waals surface area contributed by atoms with Gasteiger partial charge in [-0.05, 0) is 38.8 Å². The van der Waals surface area contributed by atoms with Crippen molar-refractivity contribution in [2.45, 2.75) is 38.5 Å². The summed E-state index contributed by atoms with van der Waals surface area (Å²) in [6, 6.07) is 0. The molecule has 0 aliphatic carbocycles. The van der Waals surface area contributed by atoms with Crippen molar-refractivity contribution in [3.8, 4) is 0 Å². The fraction of sp³-hybridized carbons (Fsp3) is 1.00. The molecule has 1 aliphatic heterocycles. The van der Waals surface area contributed by atoms with Gasteiger partial charge in [-0.2, -0.15) is 0 Å². The van der Waals surface area contributed by atoms with Gasteiger partial charge >= 0.3 is 7.82 Å². The van der Waals surface area contributed by atoms with Crippen LogP contribution in [0, 0.1) is 0 Å². The van der Waals surface area contributed by atoms with E-state index in [1.807, 2.05) is 0 Å². The minimum atomic E-state index is -3.63. The zero-order valence-electron chi connectivity index (χ0n) is 10.3. The molecule has 0 aromatic heterocycles. The molecule has 0 saturated carbocycles. The van der Waals surface area contributed by atoms with Gasteiger partial charge < -0.3 is 16.4 Å². The van der Waals surface area contributed by atoms with Crippen LogP contribution in [0.3, 0.4) is 0 Å². The number of rotatable bonds is 5. The van der Waals surface area contributed by atoms with Crippen LogP contribution in [0.5, 0.6) is 0 Å². The Balaban J connectivity index is 0.000000304. The molecule has 1 saturated heterocycles. The van der Waals surface area contributed by atoms with Crippen LogP contribution in [0.2, 0.25) is 0 Å². The number of hydrogen-bond acceptors (Lipinski definition) is 5. The monoisotopic (exact) mass is 268 g/mol. The Morgan fingerprint density at radius 3 is 1.71 bits per heavy atom. The molecular formula is C10H25N2O4P. The van der Waals surface area contributed by atoms with E-state index in [-0.39, 0.29) is 0 Å². The summed E-state index contributed by atoms with van der Waals surface area (Å²) in [5.41, 5.74) is 10.6. The summed E-state index contributed by atoms with van der Waals surface area (Å²) < 4.78 is 19.5. The van der Waals surface area contributed by atoms with Crippen molar-refractivity contribution in [2.75, 3.05) is 26.3 Å². The lowest BCUT2D eigenvalue weighted by atomic mass is 10.2. The first-order valence-corrected chi connectivity index (χ1v) is 7.64. The molecule has 104 valence electrons. The third-order valence-corrected chi connectivity index (χ3v) is 3.22. The molecule has 1 fully saturated rings. The maximum Gasteiger partial charge on any atom is 0.472 e. The van der Waals surface area contributed by atoms with Gasteiger partial charge in [0, 0.05) is 0 Å². The van der Waals surface area contributed by atoms with Crippen molar-refractivity contribution in [1.29, 1.82) is 0 Å². The van der Waals surface area contributed by atoms with E-state index in [9.17, 15) is 4.57 Å². The highest BCUT2D eigenvalue weighted by atomic mass is 31.2. The highest BCUT2D eigenvalue weighted by Crippen LogP contribution is 2.44. The van der Waals surface area contributed by atoms with Crippen molar-refractivity contribution in [1.82, 2.24) is 0 Å². The second-order valence-corrected chi connectivity index (χ2v) is 5.29. The van der Waals surface area contributed by atoms with Crippen molar-refractivity contribution in [3.63, 3.8) is 0 Å². The van der Waals surface area contributed by atoms with E-state index >= 15 is 0 Å². The fourth-order valence-electron chi connectivity index (χ4n) is 1.24. The Hall–Kier alpha value is 0.0300. The third kappa shape index (κ3) is 12.3. The molecular weight excluding hydrogens is 243 g/mol.